The number of carboxylic acid groups (broad SMARTS) is 1. The fourth-order valence-electron chi connectivity index (χ4n) is 1.21. The van der Waals surface area contributed by atoms with E-state index in [1.165, 1.54) is 0 Å². The predicted octanol–water partition coefficient (Wildman–Crippen LogP) is 1.32. The molecule has 0 fully saturated rings. The first-order valence-corrected chi connectivity index (χ1v) is 3.56. The van der Waals surface area contributed by atoms with Gasteiger partial charge in [0.15, 0.2) is 0 Å². The van der Waals surface area contributed by atoms with Crippen molar-refractivity contribution in [3.63, 3.8) is 0 Å². The first-order valence-electron chi connectivity index (χ1n) is 3.56. The molecule has 3 nitrogen and oxygen atoms in total. The molecule has 0 aromatic rings. The largest absolute Gasteiger partial charge is 0.481 e. The molecule has 0 amide bonds. The van der Waals surface area contributed by atoms with E-state index in [-0.39, 0.29) is 5.92 Å². The number of nitriles is 1. The number of allylic oxidation sites excluding steroid dienone is 2. The molecule has 1 aliphatic rings. The zero-order chi connectivity index (χ0) is 8.27. The zero-order valence-corrected chi connectivity index (χ0v) is 6.08. The predicted molar refractivity (Wildman–Crippen MR) is 38.7 cm³/mol. The van der Waals surface area contributed by atoms with E-state index in [0.717, 1.165) is 6.42 Å². The molecule has 0 aromatic heterocycles. The molecule has 0 aromatic carbocycles. The van der Waals surface area contributed by atoms with Crippen LogP contribution in [0.15, 0.2) is 11.6 Å². The van der Waals surface area contributed by atoms with Gasteiger partial charge < -0.3 is 5.11 Å². The van der Waals surface area contributed by atoms with Gasteiger partial charge in [0.25, 0.3) is 0 Å². The van der Waals surface area contributed by atoms with Crippen molar-refractivity contribution >= 4 is 5.97 Å². The normalized spacial score (nSPS) is 23.5. The van der Waals surface area contributed by atoms with E-state index < -0.39 is 5.97 Å². The van der Waals surface area contributed by atoms with Crippen molar-refractivity contribution in [1.29, 1.82) is 5.26 Å². The number of rotatable bonds is 1. The Hall–Kier alpha value is -1.30. The van der Waals surface area contributed by atoms with Gasteiger partial charge in [-0.3, -0.25) is 4.79 Å². The average molecular weight is 151 g/mol. The van der Waals surface area contributed by atoms with Crippen LogP contribution < -0.4 is 0 Å². The van der Waals surface area contributed by atoms with Crippen molar-refractivity contribution in [3.8, 4) is 6.07 Å². The topological polar surface area (TPSA) is 61.1 Å². The van der Waals surface area contributed by atoms with Crippen molar-refractivity contribution in [1.82, 2.24) is 0 Å². The van der Waals surface area contributed by atoms with E-state index in [4.69, 9.17) is 10.4 Å². The van der Waals surface area contributed by atoms with Crippen LogP contribution in [0.5, 0.6) is 0 Å². The molecule has 0 bridgehead atoms. The molecule has 1 N–H and O–H groups in total. The molecule has 0 saturated heterocycles. The highest BCUT2D eigenvalue weighted by Crippen LogP contribution is 2.23. The molecule has 0 spiro atoms. The number of hydrogen-bond acceptors (Lipinski definition) is 2. The average Bonchev–Trinajstić information content (AvgIpc) is 2.05. The van der Waals surface area contributed by atoms with Crippen LogP contribution >= 0.6 is 0 Å². The van der Waals surface area contributed by atoms with Crippen LogP contribution in [0.1, 0.15) is 19.3 Å². The third-order valence-electron chi connectivity index (χ3n) is 1.87. The summed E-state index contributed by atoms with van der Waals surface area (Å²) in [6, 6.07) is 1.99. The fraction of sp³-hybridized carbons (Fsp3) is 0.500. The van der Waals surface area contributed by atoms with Gasteiger partial charge in [0.2, 0.25) is 0 Å². The summed E-state index contributed by atoms with van der Waals surface area (Å²) in [6.45, 7) is 0. The van der Waals surface area contributed by atoms with Crippen molar-refractivity contribution in [2.45, 2.75) is 19.3 Å². The van der Waals surface area contributed by atoms with Gasteiger partial charge in [-0.15, -0.1) is 0 Å². The van der Waals surface area contributed by atoms with Gasteiger partial charge in [0, 0.05) is 5.57 Å². The van der Waals surface area contributed by atoms with Crippen LogP contribution in [0, 0.1) is 17.2 Å². The summed E-state index contributed by atoms with van der Waals surface area (Å²) in [5.74, 6) is -1.12. The number of aliphatic carboxylic acids is 1. The van der Waals surface area contributed by atoms with Crippen LogP contribution in [0.2, 0.25) is 0 Å². The molecular weight excluding hydrogens is 142 g/mol. The van der Waals surface area contributed by atoms with Crippen molar-refractivity contribution in [2.24, 2.45) is 5.92 Å². The molecule has 11 heavy (non-hydrogen) atoms. The molecule has 1 unspecified atom stereocenters. The highest BCUT2D eigenvalue weighted by molar-refractivity contribution is 5.70. The Labute approximate surface area is 64.9 Å². The minimum absolute atomic E-state index is 0.338. The van der Waals surface area contributed by atoms with E-state index in [1.807, 2.05) is 12.1 Å². The highest BCUT2D eigenvalue weighted by atomic mass is 16.4. The lowest BCUT2D eigenvalue weighted by Gasteiger charge is -2.14. The van der Waals surface area contributed by atoms with Gasteiger partial charge in [-0.1, -0.05) is 6.08 Å². The van der Waals surface area contributed by atoms with Crippen molar-refractivity contribution in [3.05, 3.63) is 11.6 Å². The Morgan fingerprint density at radius 1 is 1.82 bits per heavy atom. The lowest BCUT2D eigenvalue weighted by atomic mass is 9.90. The van der Waals surface area contributed by atoms with Crippen LogP contribution in [0.4, 0.5) is 0 Å². The van der Waals surface area contributed by atoms with Crippen LogP contribution in [-0.2, 0) is 4.79 Å². The number of hydrogen-bond donors (Lipinski definition) is 1. The van der Waals surface area contributed by atoms with Gasteiger partial charge in [0.05, 0.1) is 12.0 Å². The Morgan fingerprint density at radius 3 is 3.09 bits per heavy atom. The van der Waals surface area contributed by atoms with E-state index in [0.29, 0.717) is 18.4 Å². The Bertz CT molecular complexity index is 237. The molecule has 1 rings (SSSR count). The highest BCUT2D eigenvalue weighted by Gasteiger charge is 2.21. The SMILES string of the molecule is N#CC1=CCCC(C(=O)O)C1. The Kier molecular flexibility index (Phi) is 2.27. The minimum Gasteiger partial charge on any atom is -0.481 e. The molecule has 58 valence electrons. The summed E-state index contributed by atoms with van der Waals surface area (Å²) in [7, 11) is 0. The molecule has 0 heterocycles. The summed E-state index contributed by atoms with van der Waals surface area (Å²) < 4.78 is 0. The second-order valence-electron chi connectivity index (χ2n) is 2.66. The first kappa shape index (κ1) is 7.80. The zero-order valence-electron chi connectivity index (χ0n) is 6.08. The minimum atomic E-state index is -0.786. The van der Waals surface area contributed by atoms with Crippen molar-refractivity contribution in [2.75, 3.05) is 0 Å². The van der Waals surface area contributed by atoms with Crippen LogP contribution in [0.3, 0.4) is 0 Å². The summed E-state index contributed by atoms with van der Waals surface area (Å²) in [4.78, 5) is 10.5. The molecular formula is C8H9NO2. The molecule has 1 aliphatic carbocycles. The maximum absolute atomic E-state index is 10.5. The monoisotopic (exact) mass is 151 g/mol. The van der Waals surface area contributed by atoms with Crippen molar-refractivity contribution < 1.29 is 9.90 Å². The summed E-state index contributed by atoms with van der Waals surface area (Å²) >= 11 is 0. The summed E-state index contributed by atoms with van der Waals surface area (Å²) in [5, 5.41) is 17.1. The molecule has 0 aliphatic heterocycles. The second-order valence-corrected chi connectivity index (χ2v) is 2.66. The van der Waals surface area contributed by atoms with E-state index in [1.54, 1.807) is 0 Å². The lowest BCUT2D eigenvalue weighted by Crippen LogP contribution is -2.16. The van der Waals surface area contributed by atoms with E-state index in [2.05, 4.69) is 0 Å². The molecule has 3 heteroatoms. The van der Waals surface area contributed by atoms with E-state index >= 15 is 0 Å². The lowest BCUT2D eigenvalue weighted by molar-refractivity contribution is -0.142. The maximum Gasteiger partial charge on any atom is 0.306 e. The third-order valence-corrected chi connectivity index (χ3v) is 1.87. The quantitative estimate of drug-likeness (QED) is 0.614. The van der Waals surface area contributed by atoms with Gasteiger partial charge in [-0.25, -0.2) is 0 Å². The smallest absolute Gasteiger partial charge is 0.306 e. The Morgan fingerprint density at radius 2 is 2.55 bits per heavy atom. The van der Waals surface area contributed by atoms with E-state index in [9.17, 15) is 4.79 Å². The van der Waals surface area contributed by atoms with Crippen LogP contribution in [-0.4, -0.2) is 11.1 Å². The van der Waals surface area contributed by atoms with Gasteiger partial charge in [0.1, 0.15) is 0 Å². The van der Waals surface area contributed by atoms with Crippen LogP contribution in [0.25, 0.3) is 0 Å². The Balaban J connectivity index is 2.62. The van der Waals surface area contributed by atoms with Gasteiger partial charge in [-0.05, 0) is 19.3 Å². The molecule has 0 radical (unpaired) electrons. The molecule has 0 saturated carbocycles. The fourth-order valence-corrected chi connectivity index (χ4v) is 1.21. The van der Waals surface area contributed by atoms with Gasteiger partial charge in [-0.2, -0.15) is 5.26 Å². The maximum atomic E-state index is 10.5. The molecule has 1 atom stereocenters. The summed E-state index contributed by atoms with van der Waals surface area (Å²) in [5.41, 5.74) is 0.614. The third kappa shape index (κ3) is 1.81. The number of carboxylic acids is 1. The second kappa shape index (κ2) is 3.20. The number of nitrogens with zero attached hydrogens (tertiary/aromatic N) is 1. The van der Waals surface area contributed by atoms with Gasteiger partial charge >= 0.3 is 5.97 Å². The first-order chi connectivity index (χ1) is 5.24. The standard InChI is InChI=1S/C8H9NO2/c9-5-6-2-1-3-7(4-6)8(10)11/h2,7H,1,3-4H2,(H,10,11). The summed E-state index contributed by atoms with van der Waals surface area (Å²) in [6.07, 6.45) is 3.62. The number of carbonyl (C=O) groups is 1.